The fourth-order valence-electron chi connectivity index (χ4n) is 4.58. The summed E-state index contributed by atoms with van der Waals surface area (Å²) in [5.74, 6) is -1.62. The number of fused-ring (bicyclic) bond motifs is 1. The number of nitrogens with one attached hydrogen (secondary N) is 3. The van der Waals surface area contributed by atoms with Crippen LogP contribution >= 0.6 is 0 Å². The maximum atomic E-state index is 15.2. The van der Waals surface area contributed by atoms with Crippen LogP contribution in [0.25, 0.3) is 10.9 Å². The maximum Gasteiger partial charge on any atom is 0.240 e. The Labute approximate surface area is 257 Å². The number of primary amides is 1. The first-order valence-corrected chi connectivity index (χ1v) is 14.1. The molecule has 5 rings (SSSR count). The average Bonchev–Trinajstić information content (AvgIpc) is 3.83. The highest BCUT2D eigenvalue weighted by molar-refractivity contribution is 6.16. The van der Waals surface area contributed by atoms with Gasteiger partial charge in [0.05, 0.1) is 25.8 Å². The van der Waals surface area contributed by atoms with Crippen LogP contribution in [0.4, 0.5) is 20.2 Å². The summed E-state index contributed by atoms with van der Waals surface area (Å²) in [5.41, 5.74) is 4.85. The van der Waals surface area contributed by atoms with Crippen LogP contribution in [0.5, 0.6) is 23.0 Å². The average molecular weight is 620 g/mol. The number of aromatic nitrogens is 1. The first-order valence-electron chi connectivity index (χ1n) is 14.1. The number of carbonyl (C=O) groups excluding carboxylic acids is 3. The highest BCUT2D eigenvalue weighted by Crippen LogP contribution is 2.47. The third-order valence-electron chi connectivity index (χ3n) is 7.17. The topological polar surface area (TPSA) is 154 Å². The largest absolute Gasteiger partial charge is 0.493 e. The van der Waals surface area contributed by atoms with Gasteiger partial charge in [-0.25, -0.2) is 8.78 Å². The molecular weight excluding hydrogens is 588 g/mol. The van der Waals surface area contributed by atoms with Crippen LogP contribution in [-0.4, -0.2) is 49.5 Å². The molecule has 1 aliphatic rings. The minimum Gasteiger partial charge on any atom is -0.493 e. The first kappa shape index (κ1) is 31.1. The Bertz CT molecular complexity index is 1730. The zero-order valence-corrected chi connectivity index (χ0v) is 24.3. The van der Waals surface area contributed by atoms with Crippen LogP contribution in [0, 0.1) is 17.0 Å². The summed E-state index contributed by atoms with van der Waals surface area (Å²) in [6.45, 7) is 0.970. The number of nitrogens with two attached hydrogens (primary N) is 1. The summed E-state index contributed by atoms with van der Waals surface area (Å²) in [6.07, 6.45) is 2.79. The fraction of sp³-hybridized carbons (Fsp3) is 0.250. The number of nitrogens with zero attached hydrogens (tertiary/aromatic N) is 1. The van der Waals surface area contributed by atoms with Gasteiger partial charge in [0.25, 0.3) is 0 Å². The summed E-state index contributed by atoms with van der Waals surface area (Å²) in [5, 5.41) is 8.70. The molecule has 0 bridgehead atoms. The fourth-order valence-corrected chi connectivity index (χ4v) is 4.58. The van der Waals surface area contributed by atoms with Gasteiger partial charge in [-0.05, 0) is 74.3 Å². The number of pyridine rings is 1. The van der Waals surface area contributed by atoms with E-state index in [1.165, 1.54) is 49.7 Å². The molecule has 1 heterocycles. The summed E-state index contributed by atoms with van der Waals surface area (Å²) in [4.78, 5) is 41.0. The number of rotatable bonds is 14. The number of benzene rings is 3. The summed E-state index contributed by atoms with van der Waals surface area (Å²) in [7, 11) is 1.49. The van der Waals surface area contributed by atoms with Gasteiger partial charge in [0.15, 0.2) is 23.1 Å². The van der Waals surface area contributed by atoms with E-state index in [2.05, 4.69) is 20.9 Å². The van der Waals surface area contributed by atoms with Crippen molar-refractivity contribution in [3.63, 3.8) is 0 Å². The van der Waals surface area contributed by atoms with Crippen molar-refractivity contribution in [1.29, 1.82) is 0 Å². The molecule has 45 heavy (non-hydrogen) atoms. The summed E-state index contributed by atoms with van der Waals surface area (Å²) < 4.78 is 45.6. The lowest BCUT2D eigenvalue weighted by Crippen LogP contribution is -2.35. The lowest BCUT2D eigenvalue weighted by molar-refractivity contribution is -0.131. The van der Waals surface area contributed by atoms with E-state index in [0.29, 0.717) is 66.3 Å². The molecule has 1 aromatic heterocycles. The zero-order chi connectivity index (χ0) is 32.0. The third-order valence-corrected chi connectivity index (χ3v) is 7.17. The monoisotopic (exact) mass is 619 g/mol. The molecule has 0 saturated heterocycles. The molecule has 234 valence electrons. The molecule has 5 N–H and O–H groups in total. The molecule has 11 nitrogen and oxygen atoms in total. The minimum absolute atomic E-state index is 0.0867. The van der Waals surface area contributed by atoms with Gasteiger partial charge in [-0.15, -0.1) is 0 Å². The number of halogens is 2. The van der Waals surface area contributed by atoms with E-state index in [0.717, 1.165) is 6.07 Å². The Kier molecular flexibility index (Phi) is 9.38. The van der Waals surface area contributed by atoms with Crippen LogP contribution in [0.1, 0.15) is 19.3 Å². The Hall–Kier alpha value is -5.30. The SMILES string of the molecule is COc1cc2c(Oc3ccc(NC(=O)C4(C(=O)Nc5ccc(F)cc5)CC4)cc3F)ccnc2cc1OCCCNCC(N)=O. The zero-order valence-electron chi connectivity index (χ0n) is 24.3. The second-order valence-corrected chi connectivity index (χ2v) is 10.4. The van der Waals surface area contributed by atoms with Crippen LogP contribution in [0.3, 0.4) is 0 Å². The van der Waals surface area contributed by atoms with Gasteiger partial charge < -0.3 is 35.9 Å². The quantitative estimate of drug-likeness (QED) is 0.119. The minimum atomic E-state index is -1.29. The molecule has 4 aromatic rings. The maximum absolute atomic E-state index is 15.2. The van der Waals surface area contributed by atoms with E-state index in [4.69, 9.17) is 19.9 Å². The second kappa shape index (κ2) is 13.6. The normalized spacial score (nSPS) is 13.1. The van der Waals surface area contributed by atoms with E-state index in [1.54, 1.807) is 18.2 Å². The van der Waals surface area contributed by atoms with Gasteiger partial charge in [-0.1, -0.05) is 0 Å². The van der Waals surface area contributed by atoms with E-state index < -0.39 is 34.8 Å². The van der Waals surface area contributed by atoms with Gasteiger partial charge in [0.1, 0.15) is 17.0 Å². The van der Waals surface area contributed by atoms with Gasteiger partial charge in [-0.3, -0.25) is 19.4 Å². The smallest absolute Gasteiger partial charge is 0.240 e. The van der Waals surface area contributed by atoms with Gasteiger partial charge in [0, 0.05) is 35.1 Å². The number of hydrogen-bond acceptors (Lipinski definition) is 8. The molecular formula is C32H31F2N5O6. The Morgan fingerprint density at radius 2 is 1.60 bits per heavy atom. The molecule has 0 aliphatic heterocycles. The van der Waals surface area contributed by atoms with Crippen molar-refractivity contribution in [2.24, 2.45) is 11.1 Å². The van der Waals surface area contributed by atoms with Crippen molar-refractivity contribution in [3.05, 3.63) is 78.5 Å². The summed E-state index contributed by atoms with van der Waals surface area (Å²) >= 11 is 0. The van der Waals surface area contributed by atoms with Gasteiger partial charge in [-0.2, -0.15) is 0 Å². The van der Waals surface area contributed by atoms with Crippen molar-refractivity contribution in [3.8, 4) is 23.0 Å². The lowest BCUT2D eigenvalue weighted by Gasteiger charge is -2.16. The second-order valence-electron chi connectivity index (χ2n) is 10.4. The van der Waals surface area contributed by atoms with Crippen LogP contribution in [0.15, 0.2) is 66.9 Å². The first-order chi connectivity index (χ1) is 21.7. The van der Waals surface area contributed by atoms with E-state index in [1.807, 2.05) is 0 Å². The Balaban J connectivity index is 1.24. The Morgan fingerprint density at radius 1 is 0.889 bits per heavy atom. The van der Waals surface area contributed by atoms with Gasteiger partial charge >= 0.3 is 0 Å². The molecule has 0 atom stereocenters. The number of anilines is 2. The molecule has 1 saturated carbocycles. The van der Waals surface area contributed by atoms with Crippen molar-refractivity contribution < 1.29 is 37.4 Å². The van der Waals surface area contributed by atoms with E-state index in [-0.39, 0.29) is 18.0 Å². The molecule has 1 fully saturated rings. The highest BCUT2D eigenvalue weighted by Gasteiger charge is 2.56. The molecule has 3 amide bonds. The van der Waals surface area contributed by atoms with E-state index >= 15 is 4.39 Å². The van der Waals surface area contributed by atoms with Crippen molar-refractivity contribution in [2.75, 3.05) is 37.4 Å². The van der Waals surface area contributed by atoms with E-state index in [9.17, 15) is 18.8 Å². The van der Waals surface area contributed by atoms with Crippen molar-refractivity contribution in [1.82, 2.24) is 10.3 Å². The number of carbonyl (C=O) groups is 3. The van der Waals surface area contributed by atoms with Crippen molar-refractivity contribution in [2.45, 2.75) is 19.3 Å². The Morgan fingerprint density at radius 3 is 2.27 bits per heavy atom. The molecule has 0 spiro atoms. The van der Waals surface area contributed by atoms with Crippen LogP contribution < -0.4 is 35.9 Å². The molecule has 1 aliphatic carbocycles. The number of amides is 3. The standard InChI is InChI=1S/C32H31F2N5O6/c1-43-27-16-22-24(17-28(27)44-14-2-12-36-18-29(35)40)37-13-9-25(22)45-26-8-7-21(15-23(26)34)39-31(42)32(10-11-32)30(41)38-20-5-3-19(33)4-6-20/h3-9,13,15-17,36H,2,10-12,14,18H2,1H3,(H2,35,40)(H,38,41)(H,39,42). The predicted octanol–water partition coefficient (Wildman–Crippen LogP) is 4.52. The molecule has 0 unspecified atom stereocenters. The van der Waals surface area contributed by atoms with Crippen LogP contribution in [-0.2, 0) is 14.4 Å². The number of methoxy groups -OCH3 is 1. The molecule has 0 radical (unpaired) electrons. The lowest BCUT2D eigenvalue weighted by atomic mass is 10.0. The highest BCUT2D eigenvalue weighted by atomic mass is 19.1. The van der Waals surface area contributed by atoms with Gasteiger partial charge in [0.2, 0.25) is 17.7 Å². The number of hydrogen-bond donors (Lipinski definition) is 4. The molecule has 3 aromatic carbocycles. The number of ether oxygens (including phenoxy) is 3. The van der Waals surface area contributed by atoms with Crippen molar-refractivity contribution >= 4 is 40.0 Å². The third kappa shape index (κ3) is 7.44. The summed E-state index contributed by atoms with van der Waals surface area (Å²) in [6, 6.07) is 14.1. The molecule has 13 heteroatoms. The predicted molar refractivity (Wildman–Crippen MR) is 162 cm³/mol. The van der Waals surface area contributed by atoms with Crippen LogP contribution in [0.2, 0.25) is 0 Å².